The second-order valence-electron chi connectivity index (χ2n) is 7.10. The van der Waals surface area contributed by atoms with Gasteiger partial charge in [-0.3, -0.25) is 4.90 Å². The Morgan fingerprint density at radius 2 is 1.72 bits per heavy atom. The minimum atomic E-state index is 0.307. The lowest BCUT2D eigenvalue weighted by molar-refractivity contribution is 0.0339. The molecule has 0 spiro atoms. The first-order valence-corrected chi connectivity index (χ1v) is 7.69. The van der Waals surface area contributed by atoms with Gasteiger partial charge in [-0.1, -0.05) is 20.8 Å². The molecule has 0 aromatic carbocycles. The Bertz CT molecular complexity index is 269. The topological polar surface area (TPSA) is 32.5 Å². The van der Waals surface area contributed by atoms with E-state index in [0.29, 0.717) is 11.0 Å². The average molecular weight is 253 g/mol. The van der Waals surface area contributed by atoms with E-state index in [4.69, 9.17) is 5.73 Å². The second kappa shape index (κ2) is 5.48. The van der Waals surface area contributed by atoms with Crippen molar-refractivity contribution < 1.29 is 0 Å². The normalized spacial score (nSPS) is 34.0. The molecule has 0 radical (unpaired) electrons. The predicted octanol–water partition coefficient (Wildman–Crippen LogP) is 1.92. The third kappa shape index (κ3) is 2.89. The lowest BCUT2D eigenvalue weighted by Crippen LogP contribution is -2.59. The van der Waals surface area contributed by atoms with Crippen LogP contribution >= 0.6 is 0 Å². The molecule has 3 nitrogen and oxygen atoms in total. The van der Waals surface area contributed by atoms with Crippen LogP contribution in [0.1, 0.15) is 46.5 Å². The highest BCUT2D eigenvalue weighted by Gasteiger charge is 2.46. The first-order chi connectivity index (χ1) is 8.51. The molecule has 1 saturated heterocycles. The number of nitrogens with zero attached hydrogens (tertiary/aromatic N) is 2. The summed E-state index contributed by atoms with van der Waals surface area (Å²) in [6.45, 7) is 14.1. The van der Waals surface area contributed by atoms with Crippen LogP contribution in [0.25, 0.3) is 0 Å². The summed E-state index contributed by atoms with van der Waals surface area (Å²) < 4.78 is 0. The van der Waals surface area contributed by atoms with E-state index in [-0.39, 0.29) is 0 Å². The van der Waals surface area contributed by atoms with Gasteiger partial charge in [-0.2, -0.15) is 0 Å². The van der Waals surface area contributed by atoms with Crippen LogP contribution in [0.2, 0.25) is 0 Å². The molecular weight excluding hydrogens is 222 g/mol. The summed E-state index contributed by atoms with van der Waals surface area (Å²) in [6.07, 6.45) is 5.18. The van der Waals surface area contributed by atoms with Crippen molar-refractivity contribution in [1.29, 1.82) is 0 Å². The number of piperazine rings is 1. The van der Waals surface area contributed by atoms with E-state index in [2.05, 4.69) is 30.6 Å². The van der Waals surface area contributed by atoms with Crippen LogP contribution in [0.15, 0.2) is 0 Å². The van der Waals surface area contributed by atoms with Gasteiger partial charge in [0, 0.05) is 38.3 Å². The van der Waals surface area contributed by atoms with E-state index < -0.39 is 0 Å². The van der Waals surface area contributed by atoms with E-state index >= 15 is 0 Å². The molecule has 1 aliphatic carbocycles. The van der Waals surface area contributed by atoms with Gasteiger partial charge in [-0.05, 0) is 37.6 Å². The zero-order chi connectivity index (χ0) is 13.2. The van der Waals surface area contributed by atoms with Crippen molar-refractivity contribution in [3.63, 3.8) is 0 Å². The Balaban J connectivity index is 1.95. The molecule has 0 aromatic rings. The average Bonchev–Trinajstić information content (AvgIpc) is 2.68. The molecule has 2 rings (SSSR count). The zero-order valence-electron chi connectivity index (χ0n) is 12.5. The minimum Gasteiger partial charge on any atom is -0.329 e. The largest absolute Gasteiger partial charge is 0.329 e. The molecule has 1 aliphatic heterocycles. The number of hydrogen-bond acceptors (Lipinski definition) is 3. The summed E-state index contributed by atoms with van der Waals surface area (Å²) in [7, 11) is 0. The number of hydrogen-bond donors (Lipinski definition) is 1. The zero-order valence-corrected chi connectivity index (χ0v) is 12.5. The fourth-order valence-corrected chi connectivity index (χ4v) is 3.97. The Morgan fingerprint density at radius 3 is 2.17 bits per heavy atom. The van der Waals surface area contributed by atoms with Crippen LogP contribution in [0.5, 0.6) is 0 Å². The SMILES string of the molecule is CCCN1CCN(C2(CN)CCC(C)(C)C2)CC1. The van der Waals surface area contributed by atoms with Crippen LogP contribution in [0, 0.1) is 5.41 Å². The maximum atomic E-state index is 6.16. The van der Waals surface area contributed by atoms with Gasteiger partial charge in [0.05, 0.1) is 0 Å². The van der Waals surface area contributed by atoms with Crippen molar-refractivity contribution >= 4 is 0 Å². The van der Waals surface area contributed by atoms with Crippen molar-refractivity contribution in [2.45, 2.75) is 52.0 Å². The summed E-state index contributed by atoms with van der Waals surface area (Å²) in [5.41, 5.74) is 6.95. The molecule has 1 saturated carbocycles. The highest BCUT2D eigenvalue weighted by atomic mass is 15.3. The lowest BCUT2D eigenvalue weighted by atomic mass is 9.86. The molecule has 2 aliphatic rings. The van der Waals surface area contributed by atoms with E-state index in [0.717, 1.165) is 6.54 Å². The predicted molar refractivity (Wildman–Crippen MR) is 77.7 cm³/mol. The molecule has 2 N–H and O–H groups in total. The number of rotatable bonds is 4. The van der Waals surface area contributed by atoms with Gasteiger partial charge in [0.2, 0.25) is 0 Å². The van der Waals surface area contributed by atoms with Crippen LogP contribution < -0.4 is 5.73 Å². The maximum absolute atomic E-state index is 6.16. The van der Waals surface area contributed by atoms with Gasteiger partial charge < -0.3 is 10.6 Å². The summed E-state index contributed by atoms with van der Waals surface area (Å²) in [5.74, 6) is 0. The van der Waals surface area contributed by atoms with E-state index in [1.54, 1.807) is 0 Å². The standard InChI is InChI=1S/C15H31N3/c1-4-7-17-8-10-18(11-9-17)15(13-16)6-5-14(2,3)12-15/h4-13,16H2,1-3H3. The molecular formula is C15H31N3. The lowest BCUT2D eigenvalue weighted by Gasteiger charge is -2.46. The van der Waals surface area contributed by atoms with Gasteiger partial charge in [0.1, 0.15) is 0 Å². The highest BCUT2D eigenvalue weighted by molar-refractivity contribution is 5.03. The molecule has 1 atom stereocenters. The monoisotopic (exact) mass is 253 g/mol. The summed E-state index contributed by atoms with van der Waals surface area (Å²) >= 11 is 0. The van der Waals surface area contributed by atoms with Gasteiger partial charge in [0.15, 0.2) is 0 Å². The maximum Gasteiger partial charge on any atom is 0.0338 e. The molecule has 106 valence electrons. The molecule has 1 unspecified atom stereocenters. The third-order valence-corrected chi connectivity index (χ3v) is 5.04. The van der Waals surface area contributed by atoms with E-state index in [1.165, 1.54) is 58.4 Å². The molecule has 2 fully saturated rings. The molecule has 0 amide bonds. The minimum absolute atomic E-state index is 0.307. The van der Waals surface area contributed by atoms with Crippen LogP contribution in [-0.4, -0.2) is 54.6 Å². The molecule has 3 heteroatoms. The summed E-state index contributed by atoms with van der Waals surface area (Å²) in [6, 6.07) is 0. The Hall–Kier alpha value is -0.120. The number of nitrogens with two attached hydrogens (primary N) is 1. The molecule has 0 bridgehead atoms. The van der Waals surface area contributed by atoms with Gasteiger partial charge in [-0.25, -0.2) is 0 Å². The second-order valence-corrected chi connectivity index (χ2v) is 7.10. The van der Waals surface area contributed by atoms with Crippen molar-refractivity contribution in [1.82, 2.24) is 9.80 Å². The molecule has 0 aromatic heterocycles. The molecule has 1 heterocycles. The Morgan fingerprint density at radius 1 is 1.06 bits per heavy atom. The van der Waals surface area contributed by atoms with Crippen LogP contribution in [0.3, 0.4) is 0 Å². The quantitative estimate of drug-likeness (QED) is 0.831. The van der Waals surface area contributed by atoms with Crippen molar-refractivity contribution in [3.8, 4) is 0 Å². The fourth-order valence-electron chi connectivity index (χ4n) is 3.97. The molecule has 18 heavy (non-hydrogen) atoms. The van der Waals surface area contributed by atoms with Crippen LogP contribution in [-0.2, 0) is 0 Å². The first-order valence-electron chi connectivity index (χ1n) is 7.69. The summed E-state index contributed by atoms with van der Waals surface area (Å²) in [5, 5.41) is 0. The smallest absolute Gasteiger partial charge is 0.0338 e. The van der Waals surface area contributed by atoms with E-state index in [9.17, 15) is 0 Å². The van der Waals surface area contributed by atoms with Crippen molar-refractivity contribution in [2.75, 3.05) is 39.3 Å². The fraction of sp³-hybridized carbons (Fsp3) is 1.00. The van der Waals surface area contributed by atoms with Crippen molar-refractivity contribution in [2.24, 2.45) is 11.1 Å². The van der Waals surface area contributed by atoms with Crippen LogP contribution in [0.4, 0.5) is 0 Å². The highest BCUT2D eigenvalue weighted by Crippen LogP contribution is 2.46. The third-order valence-electron chi connectivity index (χ3n) is 5.04. The van der Waals surface area contributed by atoms with Gasteiger partial charge >= 0.3 is 0 Å². The Kier molecular flexibility index (Phi) is 4.35. The van der Waals surface area contributed by atoms with Crippen molar-refractivity contribution in [3.05, 3.63) is 0 Å². The van der Waals surface area contributed by atoms with E-state index in [1.807, 2.05) is 0 Å². The Labute approximate surface area is 113 Å². The first kappa shape index (κ1) is 14.3. The van der Waals surface area contributed by atoms with Gasteiger partial charge in [0.25, 0.3) is 0 Å². The summed E-state index contributed by atoms with van der Waals surface area (Å²) in [4.78, 5) is 5.30. The van der Waals surface area contributed by atoms with Gasteiger partial charge in [-0.15, -0.1) is 0 Å².